The molecule has 0 aliphatic carbocycles. The Labute approximate surface area is 249 Å². The number of nitrogens with one attached hydrogen (secondary N) is 1. The summed E-state index contributed by atoms with van der Waals surface area (Å²) in [6.45, 7) is 6.32. The maximum Gasteiger partial charge on any atom is 0.243 e. The van der Waals surface area contributed by atoms with Crippen molar-refractivity contribution in [2.24, 2.45) is 0 Å². The van der Waals surface area contributed by atoms with Crippen LogP contribution in [0.5, 0.6) is 0 Å². The number of anilines is 1. The maximum absolute atomic E-state index is 13.9. The fourth-order valence-corrected chi connectivity index (χ4v) is 5.70. The Balaban J connectivity index is 1.89. The van der Waals surface area contributed by atoms with Gasteiger partial charge >= 0.3 is 0 Å². The van der Waals surface area contributed by atoms with E-state index in [0.29, 0.717) is 17.1 Å². The number of benzene rings is 3. The molecule has 0 spiro atoms. The van der Waals surface area contributed by atoms with Gasteiger partial charge in [-0.3, -0.25) is 13.9 Å². The van der Waals surface area contributed by atoms with Crippen molar-refractivity contribution in [1.82, 2.24) is 10.2 Å². The highest BCUT2D eigenvalue weighted by Crippen LogP contribution is 2.22. The molecule has 0 fully saturated rings. The molecule has 0 aromatic heterocycles. The summed E-state index contributed by atoms with van der Waals surface area (Å²) < 4.78 is 26.4. The summed E-state index contributed by atoms with van der Waals surface area (Å²) >= 11 is 5.99. The predicted molar refractivity (Wildman–Crippen MR) is 166 cm³/mol. The molecule has 0 aliphatic heterocycles. The normalized spacial score (nSPS) is 12.8. The summed E-state index contributed by atoms with van der Waals surface area (Å²) in [6.07, 6.45) is 2.63. The van der Waals surface area contributed by atoms with Crippen LogP contribution in [0.3, 0.4) is 0 Å². The van der Waals surface area contributed by atoms with E-state index >= 15 is 0 Å². The molecule has 0 bridgehead atoms. The lowest BCUT2D eigenvalue weighted by Gasteiger charge is -2.33. The molecule has 3 aromatic rings. The summed E-state index contributed by atoms with van der Waals surface area (Å²) in [5.74, 6) is -0.417. The van der Waals surface area contributed by atoms with E-state index < -0.39 is 16.1 Å². The monoisotopic (exact) mass is 597 g/mol. The van der Waals surface area contributed by atoms with E-state index in [1.807, 2.05) is 75.4 Å². The Morgan fingerprint density at radius 2 is 1.61 bits per heavy atom. The van der Waals surface area contributed by atoms with E-state index in [4.69, 9.17) is 11.6 Å². The largest absolute Gasteiger partial charge is 0.352 e. The van der Waals surface area contributed by atoms with Crippen LogP contribution < -0.4 is 9.62 Å². The first kappa shape index (κ1) is 32.2. The van der Waals surface area contributed by atoms with E-state index in [-0.39, 0.29) is 43.8 Å². The molecule has 0 heterocycles. The molecule has 9 heteroatoms. The Kier molecular flexibility index (Phi) is 11.8. The number of rotatable bonds is 14. The van der Waals surface area contributed by atoms with Crippen LogP contribution in [0.15, 0.2) is 78.9 Å². The average Bonchev–Trinajstić information content (AvgIpc) is 2.93. The number of hydrogen-bond donors (Lipinski definition) is 1. The molecule has 2 amide bonds. The van der Waals surface area contributed by atoms with Gasteiger partial charge in [-0.25, -0.2) is 8.42 Å². The van der Waals surface area contributed by atoms with Gasteiger partial charge in [-0.05, 0) is 62.1 Å². The van der Waals surface area contributed by atoms with Crippen molar-refractivity contribution in [3.8, 4) is 0 Å². The van der Waals surface area contributed by atoms with Gasteiger partial charge in [0.2, 0.25) is 21.8 Å². The molecule has 41 heavy (non-hydrogen) atoms. The van der Waals surface area contributed by atoms with Gasteiger partial charge in [-0.1, -0.05) is 78.7 Å². The standard InChI is InChI=1S/C32H40ClN3O4S/c1-5-25(3)34-32(38)30(22-26-12-7-6-8-13-26)35(23-27-14-9-11-24(2)21-27)31(37)15-10-20-36(41(4,39)40)29-18-16-28(33)17-19-29/h6-9,11-14,16-19,21,25,30H,5,10,15,20,22-23H2,1-4H3,(H,34,38)/t25-,30-/m0/s1. The molecule has 220 valence electrons. The van der Waals surface area contributed by atoms with Crippen molar-refractivity contribution >= 4 is 39.1 Å². The molecule has 1 N–H and O–H groups in total. The van der Waals surface area contributed by atoms with Crippen LogP contribution in [0, 0.1) is 6.92 Å². The van der Waals surface area contributed by atoms with Crippen molar-refractivity contribution in [3.63, 3.8) is 0 Å². The average molecular weight is 598 g/mol. The summed E-state index contributed by atoms with van der Waals surface area (Å²) in [6, 6.07) is 23.3. The van der Waals surface area contributed by atoms with E-state index in [1.54, 1.807) is 29.2 Å². The Morgan fingerprint density at radius 1 is 0.951 bits per heavy atom. The van der Waals surface area contributed by atoms with Gasteiger partial charge in [-0.15, -0.1) is 0 Å². The van der Waals surface area contributed by atoms with Gasteiger partial charge in [0, 0.05) is 37.0 Å². The third kappa shape index (κ3) is 9.90. The van der Waals surface area contributed by atoms with Crippen LogP contribution >= 0.6 is 11.6 Å². The highest BCUT2D eigenvalue weighted by atomic mass is 35.5. The fraction of sp³-hybridized carbons (Fsp3) is 0.375. The highest BCUT2D eigenvalue weighted by molar-refractivity contribution is 7.92. The molecule has 3 rings (SSSR count). The van der Waals surface area contributed by atoms with Gasteiger partial charge in [0.25, 0.3) is 0 Å². The van der Waals surface area contributed by atoms with Gasteiger partial charge in [0.05, 0.1) is 11.9 Å². The van der Waals surface area contributed by atoms with E-state index in [1.165, 1.54) is 4.31 Å². The molecule has 2 atom stereocenters. The zero-order chi connectivity index (χ0) is 30.0. The molecule has 0 radical (unpaired) electrons. The zero-order valence-corrected chi connectivity index (χ0v) is 25.8. The molecule has 0 unspecified atom stereocenters. The molecule has 0 saturated heterocycles. The van der Waals surface area contributed by atoms with E-state index in [0.717, 1.165) is 29.4 Å². The van der Waals surface area contributed by atoms with Crippen LogP contribution in [-0.4, -0.2) is 50.0 Å². The van der Waals surface area contributed by atoms with Crippen LogP contribution in [0.25, 0.3) is 0 Å². The summed E-state index contributed by atoms with van der Waals surface area (Å²) in [5, 5.41) is 3.58. The van der Waals surface area contributed by atoms with Gasteiger partial charge < -0.3 is 10.2 Å². The molecular formula is C32H40ClN3O4S. The first-order valence-corrected chi connectivity index (χ1v) is 16.1. The van der Waals surface area contributed by atoms with E-state index in [2.05, 4.69) is 5.32 Å². The minimum Gasteiger partial charge on any atom is -0.352 e. The van der Waals surface area contributed by atoms with Crippen LogP contribution in [0.2, 0.25) is 5.02 Å². The van der Waals surface area contributed by atoms with E-state index in [9.17, 15) is 18.0 Å². The Bertz CT molecular complexity index is 1400. The fourth-order valence-electron chi connectivity index (χ4n) is 4.61. The summed E-state index contributed by atoms with van der Waals surface area (Å²) in [7, 11) is -3.59. The number of aryl methyl sites for hydroxylation is 1. The highest BCUT2D eigenvalue weighted by Gasteiger charge is 2.31. The second kappa shape index (κ2) is 15.0. The van der Waals surface area contributed by atoms with Crippen molar-refractivity contribution in [2.45, 2.75) is 65.1 Å². The number of hydrogen-bond acceptors (Lipinski definition) is 4. The number of sulfonamides is 1. The molecule has 0 aliphatic rings. The Morgan fingerprint density at radius 3 is 2.22 bits per heavy atom. The number of amides is 2. The second-order valence-corrected chi connectivity index (χ2v) is 12.8. The SMILES string of the molecule is CC[C@H](C)NC(=O)[C@H](Cc1ccccc1)N(Cc1cccc(C)c1)C(=O)CCCN(c1ccc(Cl)cc1)S(C)(=O)=O. The quantitative estimate of drug-likeness (QED) is 0.256. The van der Waals surface area contributed by atoms with Crippen LogP contribution in [0.4, 0.5) is 5.69 Å². The smallest absolute Gasteiger partial charge is 0.243 e. The third-order valence-electron chi connectivity index (χ3n) is 6.97. The lowest BCUT2D eigenvalue weighted by atomic mass is 10.0. The Hall–Kier alpha value is -3.36. The summed E-state index contributed by atoms with van der Waals surface area (Å²) in [4.78, 5) is 29.2. The lowest BCUT2D eigenvalue weighted by Crippen LogP contribution is -2.52. The number of nitrogens with zero attached hydrogens (tertiary/aromatic N) is 2. The lowest BCUT2D eigenvalue weighted by molar-refractivity contribution is -0.141. The number of halogens is 1. The minimum absolute atomic E-state index is 0.0422. The van der Waals surface area contributed by atoms with Crippen LogP contribution in [-0.2, 0) is 32.6 Å². The van der Waals surface area contributed by atoms with Gasteiger partial charge in [0.1, 0.15) is 6.04 Å². The first-order chi connectivity index (χ1) is 19.5. The van der Waals surface area contributed by atoms with Gasteiger partial charge in [-0.2, -0.15) is 0 Å². The molecule has 3 aromatic carbocycles. The summed E-state index contributed by atoms with van der Waals surface area (Å²) in [5.41, 5.74) is 3.41. The maximum atomic E-state index is 13.9. The number of carbonyl (C=O) groups is 2. The van der Waals surface area contributed by atoms with Crippen LogP contribution in [0.1, 0.15) is 49.8 Å². The van der Waals surface area contributed by atoms with Crippen molar-refractivity contribution < 1.29 is 18.0 Å². The van der Waals surface area contributed by atoms with Crippen molar-refractivity contribution in [1.29, 1.82) is 0 Å². The molecule has 7 nitrogen and oxygen atoms in total. The molecule has 0 saturated carbocycles. The zero-order valence-electron chi connectivity index (χ0n) is 24.2. The minimum atomic E-state index is -3.59. The topological polar surface area (TPSA) is 86.8 Å². The van der Waals surface area contributed by atoms with Crippen molar-refractivity contribution in [2.75, 3.05) is 17.1 Å². The second-order valence-electron chi connectivity index (χ2n) is 10.4. The third-order valence-corrected chi connectivity index (χ3v) is 8.42. The van der Waals surface area contributed by atoms with Gasteiger partial charge in [0.15, 0.2) is 0 Å². The van der Waals surface area contributed by atoms with Crippen molar-refractivity contribution in [3.05, 3.63) is 101 Å². The predicted octanol–water partition coefficient (Wildman–Crippen LogP) is 5.75. The number of carbonyl (C=O) groups excluding carboxylic acids is 2. The first-order valence-electron chi connectivity index (χ1n) is 13.9. The molecular weight excluding hydrogens is 558 g/mol.